The molecule has 1 rings (SSSR count). The largest absolute Gasteiger partial charge is 0.459 e. The molecule has 0 aliphatic carbocycles. The lowest BCUT2D eigenvalue weighted by atomic mass is 10.2. The van der Waals surface area contributed by atoms with Crippen molar-refractivity contribution in [2.45, 2.75) is 6.92 Å². The van der Waals surface area contributed by atoms with Gasteiger partial charge < -0.3 is 10.2 Å². The molecule has 1 aromatic rings. The number of nitrogens with one attached hydrogen (secondary N) is 1. The Morgan fingerprint density at radius 2 is 2.35 bits per heavy atom. The van der Waals surface area contributed by atoms with Crippen LogP contribution in [-0.2, 0) is 4.79 Å². The molecule has 0 bridgehead atoms. The number of carbonyl (C=O) groups is 2. The molecule has 0 aromatic carbocycles. The Balaban J connectivity index is 2.23. The Morgan fingerprint density at radius 3 is 2.94 bits per heavy atom. The molecule has 5 nitrogen and oxygen atoms in total. The van der Waals surface area contributed by atoms with Crippen LogP contribution in [0.15, 0.2) is 22.8 Å². The number of carbonyl (C=O) groups excluding carboxylic acids is 2. The van der Waals surface area contributed by atoms with Crippen molar-refractivity contribution in [1.82, 2.24) is 5.32 Å². The van der Waals surface area contributed by atoms with Gasteiger partial charge in [-0.15, -0.1) is 0 Å². The Kier molecular flexibility index (Phi) is 5.79. The molecule has 0 fully saturated rings. The number of amides is 2. The third-order valence-electron chi connectivity index (χ3n) is 2.04. The first-order chi connectivity index (χ1) is 8.13. The Hall–Kier alpha value is -1.27. The van der Waals surface area contributed by atoms with E-state index < -0.39 is 5.91 Å². The molecule has 0 radical (unpaired) electrons. The highest BCUT2D eigenvalue weighted by atomic mass is 32.2. The summed E-state index contributed by atoms with van der Waals surface area (Å²) in [5.41, 5.74) is 5.45. The molecule has 0 saturated heterocycles. The van der Waals surface area contributed by atoms with Gasteiger partial charge in [-0.05, 0) is 30.3 Å². The van der Waals surface area contributed by atoms with Gasteiger partial charge in [-0.25, -0.2) is 0 Å². The van der Waals surface area contributed by atoms with E-state index in [2.05, 4.69) is 5.32 Å². The van der Waals surface area contributed by atoms with Gasteiger partial charge in [-0.2, -0.15) is 11.8 Å². The third kappa shape index (κ3) is 5.06. The van der Waals surface area contributed by atoms with Crippen molar-refractivity contribution in [3.05, 3.63) is 24.2 Å². The summed E-state index contributed by atoms with van der Waals surface area (Å²) in [5.74, 6) is 0.732. The summed E-state index contributed by atoms with van der Waals surface area (Å²) in [4.78, 5) is 22.8. The smallest absolute Gasteiger partial charge is 0.293 e. The molecule has 0 aliphatic rings. The monoisotopic (exact) mass is 256 g/mol. The fraction of sp³-hybridized carbons (Fsp3) is 0.455. The molecule has 0 saturated carbocycles. The van der Waals surface area contributed by atoms with Crippen LogP contribution in [0.4, 0.5) is 0 Å². The van der Waals surface area contributed by atoms with E-state index in [-0.39, 0.29) is 17.4 Å². The van der Waals surface area contributed by atoms with Crippen LogP contribution in [0.5, 0.6) is 0 Å². The van der Waals surface area contributed by atoms with Gasteiger partial charge in [0.1, 0.15) is 0 Å². The SMILES string of the molecule is CC(CN)CSCC(=O)NC(=O)c1ccco1. The molecule has 17 heavy (non-hydrogen) atoms. The lowest BCUT2D eigenvalue weighted by molar-refractivity contribution is -0.117. The zero-order chi connectivity index (χ0) is 12.7. The summed E-state index contributed by atoms with van der Waals surface area (Å²) in [6.07, 6.45) is 1.39. The Bertz CT molecular complexity index is 365. The second kappa shape index (κ2) is 7.13. The van der Waals surface area contributed by atoms with Gasteiger partial charge in [0.25, 0.3) is 5.91 Å². The summed E-state index contributed by atoms with van der Waals surface area (Å²) in [7, 11) is 0. The minimum atomic E-state index is -0.507. The van der Waals surface area contributed by atoms with Crippen LogP contribution in [0.3, 0.4) is 0 Å². The minimum Gasteiger partial charge on any atom is -0.459 e. The molecule has 3 N–H and O–H groups in total. The van der Waals surface area contributed by atoms with Gasteiger partial charge in [0.2, 0.25) is 5.91 Å². The van der Waals surface area contributed by atoms with E-state index in [1.54, 1.807) is 6.07 Å². The molecule has 1 aromatic heterocycles. The molecule has 1 unspecified atom stereocenters. The highest BCUT2D eigenvalue weighted by molar-refractivity contribution is 7.99. The maximum Gasteiger partial charge on any atom is 0.293 e. The lowest BCUT2D eigenvalue weighted by Crippen LogP contribution is -2.31. The minimum absolute atomic E-state index is 0.138. The summed E-state index contributed by atoms with van der Waals surface area (Å²) < 4.78 is 4.87. The van der Waals surface area contributed by atoms with Crippen molar-refractivity contribution < 1.29 is 14.0 Å². The predicted molar refractivity (Wildman–Crippen MR) is 66.7 cm³/mol. The van der Waals surface area contributed by atoms with Crippen LogP contribution in [-0.4, -0.2) is 29.9 Å². The van der Waals surface area contributed by atoms with Gasteiger partial charge in [-0.1, -0.05) is 6.92 Å². The standard InChI is InChI=1S/C11H16N2O3S/c1-8(5-12)6-17-7-10(14)13-11(15)9-3-2-4-16-9/h2-4,8H,5-7,12H2,1H3,(H,13,14,15). The van der Waals surface area contributed by atoms with Gasteiger partial charge in [0.15, 0.2) is 5.76 Å². The molecule has 1 atom stereocenters. The zero-order valence-corrected chi connectivity index (χ0v) is 10.5. The maximum absolute atomic E-state index is 11.4. The van der Waals surface area contributed by atoms with E-state index in [1.807, 2.05) is 6.92 Å². The molecule has 2 amide bonds. The first-order valence-corrected chi connectivity index (χ1v) is 6.44. The molecule has 1 heterocycles. The van der Waals surface area contributed by atoms with Crippen LogP contribution in [0, 0.1) is 5.92 Å². The highest BCUT2D eigenvalue weighted by Crippen LogP contribution is 2.06. The molecule has 94 valence electrons. The van der Waals surface area contributed by atoms with Crippen LogP contribution in [0.25, 0.3) is 0 Å². The quantitative estimate of drug-likeness (QED) is 0.788. The van der Waals surface area contributed by atoms with Crippen LogP contribution in [0.2, 0.25) is 0 Å². The predicted octanol–water partition coefficient (Wildman–Crippen LogP) is 0.864. The Labute approximate surface area is 104 Å². The lowest BCUT2D eigenvalue weighted by Gasteiger charge is -2.07. The molecule has 0 aliphatic heterocycles. The number of rotatable bonds is 6. The third-order valence-corrected chi connectivity index (χ3v) is 3.31. The van der Waals surface area contributed by atoms with Crippen molar-refractivity contribution in [3.63, 3.8) is 0 Å². The summed E-state index contributed by atoms with van der Waals surface area (Å²) in [6, 6.07) is 3.10. The first-order valence-electron chi connectivity index (χ1n) is 5.29. The van der Waals surface area contributed by atoms with E-state index in [4.69, 9.17) is 10.2 Å². The first kappa shape index (κ1) is 13.8. The number of thioether (sulfide) groups is 1. The van der Waals surface area contributed by atoms with Crippen molar-refractivity contribution in [1.29, 1.82) is 0 Å². The van der Waals surface area contributed by atoms with E-state index in [0.717, 1.165) is 5.75 Å². The second-order valence-electron chi connectivity index (χ2n) is 3.71. The molecular weight excluding hydrogens is 240 g/mol. The van der Waals surface area contributed by atoms with E-state index in [0.29, 0.717) is 12.5 Å². The average molecular weight is 256 g/mol. The molecule has 0 spiro atoms. The van der Waals surface area contributed by atoms with E-state index >= 15 is 0 Å². The summed E-state index contributed by atoms with van der Waals surface area (Å²) in [5, 5.41) is 2.25. The topological polar surface area (TPSA) is 85.3 Å². The van der Waals surface area contributed by atoms with Crippen molar-refractivity contribution >= 4 is 23.6 Å². The van der Waals surface area contributed by atoms with Gasteiger partial charge in [0, 0.05) is 0 Å². The van der Waals surface area contributed by atoms with E-state index in [9.17, 15) is 9.59 Å². The molecule has 6 heteroatoms. The average Bonchev–Trinajstić information content (AvgIpc) is 2.82. The van der Waals surface area contributed by atoms with Gasteiger partial charge in [0.05, 0.1) is 12.0 Å². The fourth-order valence-corrected chi connectivity index (χ4v) is 1.97. The van der Waals surface area contributed by atoms with Gasteiger partial charge in [-0.3, -0.25) is 14.9 Å². The highest BCUT2D eigenvalue weighted by Gasteiger charge is 2.12. The number of imide groups is 1. The van der Waals surface area contributed by atoms with Crippen LogP contribution >= 0.6 is 11.8 Å². The number of hydrogen-bond acceptors (Lipinski definition) is 5. The number of nitrogens with two attached hydrogens (primary N) is 1. The zero-order valence-electron chi connectivity index (χ0n) is 9.64. The maximum atomic E-state index is 11.4. The van der Waals surface area contributed by atoms with Crippen molar-refractivity contribution in [3.8, 4) is 0 Å². The van der Waals surface area contributed by atoms with Gasteiger partial charge >= 0.3 is 0 Å². The van der Waals surface area contributed by atoms with Crippen molar-refractivity contribution in [2.24, 2.45) is 11.7 Å². The summed E-state index contributed by atoms with van der Waals surface area (Å²) >= 11 is 1.46. The molecular formula is C11H16N2O3S. The van der Waals surface area contributed by atoms with Crippen molar-refractivity contribution in [2.75, 3.05) is 18.1 Å². The second-order valence-corrected chi connectivity index (χ2v) is 4.74. The fourth-order valence-electron chi connectivity index (χ4n) is 1.05. The number of hydrogen-bond donors (Lipinski definition) is 2. The normalized spacial score (nSPS) is 12.1. The number of furan rings is 1. The van der Waals surface area contributed by atoms with E-state index in [1.165, 1.54) is 24.1 Å². The summed E-state index contributed by atoms with van der Waals surface area (Å²) in [6.45, 7) is 2.61. The van der Waals surface area contributed by atoms with Crippen LogP contribution in [0.1, 0.15) is 17.5 Å². The van der Waals surface area contributed by atoms with Crippen LogP contribution < -0.4 is 11.1 Å². The Morgan fingerprint density at radius 1 is 1.59 bits per heavy atom.